The third-order valence-corrected chi connectivity index (χ3v) is 4.65. The van der Waals surface area contributed by atoms with Crippen molar-refractivity contribution in [1.29, 1.82) is 0 Å². The van der Waals surface area contributed by atoms with Gasteiger partial charge in [-0.25, -0.2) is 4.79 Å². The fourth-order valence-corrected chi connectivity index (χ4v) is 3.04. The number of carbonyl (C=O) groups excluding carboxylic acids is 2. The molecule has 0 spiro atoms. The van der Waals surface area contributed by atoms with Gasteiger partial charge in [-0.15, -0.1) is 11.8 Å². The van der Waals surface area contributed by atoms with Crippen LogP contribution in [0.5, 0.6) is 0 Å². The van der Waals surface area contributed by atoms with E-state index in [4.69, 9.17) is 0 Å². The smallest absolute Gasteiger partial charge is 0.320 e. The highest BCUT2D eigenvalue weighted by Gasteiger charge is 2.43. The minimum absolute atomic E-state index is 0.296. The Morgan fingerprint density at radius 3 is 2.39 bits per heavy atom. The van der Waals surface area contributed by atoms with Crippen LogP contribution in [0.1, 0.15) is 25.3 Å². The molecule has 1 atom stereocenters. The van der Waals surface area contributed by atoms with Crippen molar-refractivity contribution < 1.29 is 9.59 Å². The number of urea groups is 1. The first-order chi connectivity index (χ1) is 8.58. The molecule has 4 nitrogen and oxygen atoms in total. The van der Waals surface area contributed by atoms with Gasteiger partial charge in [-0.05, 0) is 37.5 Å². The Kier molecular flexibility index (Phi) is 2.59. The lowest BCUT2D eigenvalue weighted by molar-refractivity contribution is -0.123. The Bertz CT molecular complexity index is 510. The van der Waals surface area contributed by atoms with Crippen LogP contribution in [0.15, 0.2) is 29.2 Å². The summed E-state index contributed by atoms with van der Waals surface area (Å²) in [5.74, 6) is -0.296. The lowest BCUT2D eigenvalue weighted by Crippen LogP contribution is -2.40. The molecule has 18 heavy (non-hydrogen) atoms. The monoisotopic (exact) mass is 262 g/mol. The first-order valence-corrected chi connectivity index (χ1v) is 6.87. The van der Waals surface area contributed by atoms with Gasteiger partial charge in [0.15, 0.2) is 0 Å². The molecule has 0 bridgehead atoms. The normalized spacial score (nSPS) is 26.9. The van der Waals surface area contributed by atoms with E-state index in [-0.39, 0.29) is 5.91 Å². The number of hydrogen-bond donors (Lipinski definition) is 2. The van der Waals surface area contributed by atoms with Crippen molar-refractivity contribution in [2.45, 2.75) is 35.4 Å². The van der Waals surface area contributed by atoms with Crippen molar-refractivity contribution in [3.05, 3.63) is 29.8 Å². The highest BCUT2D eigenvalue weighted by molar-refractivity contribution is 8.00. The van der Waals surface area contributed by atoms with Crippen LogP contribution in [0.4, 0.5) is 4.79 Å². The van der Waals surface area contributed by atoms with Crippen LogP contribution < -0.4 is 10.6 Å². The van der Waals surface area contributed by atoms with E-state index in [0.29, 0.717) is 0 Å². The van der Waals surface area contributed by atoms with Gasteiger partial charge < -0.3 is 5.32 Å². The van der Waals surface area contributed by atoms with Gasteiger partial charge in [0, 0.05) is 10.1 Å². The van der Waals surface area contributed by atoms with Gasteiger partial charge in [-0.2, -0.15) is 0 Å². The lowest BCUT2D eigenvalue weighted by atomic mass is 9.92. The molecule has 3 amide bonds. The molecule has 0 radical (unpaired) electrons. The number of rotatable bonds is 3. The van der Waals surface area contributed by atoms with Gasteiger partial charge in [0.1, 0.15) is 5.54 Å². The number of imide groups is 1. The summed E-state index contributed by atoms with van der Waals surface area (Å²) in [5.41, 5.74) is -0.133. The highest BCUT2D eigenvalue weighted by atomic mass is 32.2. The van der Waals surface area contributed by atoms with Gasteiger partial charge in [0.2, 0.25) is 0 Å². The molecule has 2 aliphatic rings. The molecule has 1 heterocycles. The van der Waals surface area contributed by atoms with E-state index in [1.165, 1.54) is 17.7 Å². The molecule has 1 aromatic rings. The number of carbonyl (C=O) groups is 2. The summed E-state index contributed by atoms with van der Waals surface area (Å²) in [6.07, 6.45) is 2.59. The van der Waals surface area contributed by atoms with Crippen molar-refractivity contribution in [2.24, 2.45) is 0 Å². The van der Waals surface area contributed by atoms with Crippen LogP contribution in [0.3, 0.4) is 0 Å². The molecule has 0 aromatic heterocycles. The zero-order valence-corrected chi connectivity index (χ0v) is 10.8. The number of amides is 3. The predicted molar refractivity (Wildman–Crippen MR) is 69.3 cm³/mol. The second-order valence-corrected chi connectivity index (χ2v) is 6.25. The SMILES string of the molecule is CC1(c2ccc(SC3CC3)cc2)NC(=O)NC1=O. The largest absolute Gasteiger partial charge is 0.322 e. The Balaban J connectivity index is 1.83. The van der Waals surface area contributed by atoms with Gasteiger partial charge in [-0.1, -0.05) is 12.1 Å². The number of benzene rings is 1. The minimum atomic E-state index is -0.945. The topological polar surface area (TPSA) is 58.2 Å². The number of thioether (sulfide) groups is 1. The maximum atomic E-state index is 11.8. The molecule has 1 saturated carbocycles. The summed E-state index contributed by atoms with van der Waals surface area (Å²) in [6.45, 7) is 1.72. The van der Waals surface area contributed by atoms with E-state index in [0.717, 1.165) is 10.8 Å². The summed E-state index contributed by atoms with van der Waals surface area (Å²) >= 11 is 1.87. The van der Waals surface area contributed by atoms with Gasteiger partial charge in [-0.3, -0.25) is 10.1 Å². The minimum Gasteiger partial charge on any atom is -0.320 e. The lowest BCUT2D eigenvalue weighted by Gasteiger charge is -2.21. The van der Waals surface area contributed by atoms with Crippen molar-refractivity contribution in [1.82, 2.24) is 10.6 Å². The Labute approximate surface area is 110 Å². The fraction of sp³-hybridized carbons (Fsp3) is 0.385. The second-order valence-electron chi connectivity index (χ2n) is 4.87. The van der Waals surface area contributed by atoms with E-state index in [1.54, 1.807) is 6.92 Å². The quantitative estimate of drug-likeness (QED) is 0.819. The van der Waals surface area contributed by atoms with Gasteiger partial charge >= 0.3 is 6.03 Å². The highest BCUT2D eigenvalue weighted by Crippen LogP contribution is 2.39. The summed E-state index contributed by atoms with van der Waals surface area (Å²) in [4.78, 5) is 24.2. The Morgan fingerprint density at radius 2 is 1.89 bits per heavy atom. The molecule has 2 N–H and O–H groups in total. The second kappa shape index (κ2) is 4.02. The van der Waals surface area contributed by atoms with Crippen LogP contribution in [0.2, 0.25) is 0 Å². The number of hydrogen-bond acceptors (Lipinski definition) is 3. The van der Waals surface area contributed by atoms with Crippen molar-refractivity contribution >= 4 is 23.7 Å². The first-order valence-electron chi connectivity index (χ1n) is 5.99. The zero-order valence-electron chi connectivity index (χ0n) is 10.0. The van der Waals surface area contributed by atoms with Crippen LogP contribution in [-0.2, 0) is 10.3 Å². The molecule has 2 fully saturated rings. The zero-order chi connectivity index (χ0) is 12.8. The Hall–Kier alpha value is -1.49. The maximum Gasteiger partial charge on any atom is 0.322 e. The third-order valence-electron chi connectivity index (χ3n) is 3.30. The van der Waals surface area contributed by atoms with Gasteiger partial charge in [0.05, 0.1) is 0 Å². The molecule has 1 saturated heterocycles. The van der Waals surface area contributed by atoms with E-state index >= 15 is 0 Å². The van der Waals surface area contributed by atoms with E-state index in [1.807, 2.05) is 36.0 Å². The van der Waals surface area contributed by atoms with Crippen molar-refractivity contribution in [3.8, 4) is 0 Å². The van der Waals surface area contributed by atoms with E-state index in [9.17, 15) is 9.59 Å². The summed E-state index contributed by atoms with van der Waals surface area (Å²) < 4.78 is 0. The van der Waals surface area contributed by atoms with Gasteiger partial charge in [0.25, 0.3) is 5.91 Å². The molecular formula is C13H14N2O2S. The van der Waals surface area contributed by atoms with Crippen molar-refractivity contribution in [2.75, 3.05) is 0 Å². The molecule has 1 aliphatic carbocycles. The molecule has 3 rings (SSSR count). The molecule has 1 unspecified atom stereocenters. The molecular weight excluding hydrogens is 248 g/mol. The number of nitrogens with one attached hydrogen (secondary N) is 2. The van der Waals surface area contributed by atoms with E-state index < -0.39 is 11.6 Å². The summed E-state index contributed by atoms with van der Waals surface area (Å²) in [7, 11) is 0. The average molecular weight is 262 g/mol. The predicted octanol–water partition coefficient (Wildman–Crippen LogP) is 2.00. The molecule has 94 valence electrons. The molecule has 1 aromatic carbocycles. The Morgan fingerprint density at radius 1 is 1.22 bits per heavy atom. The van der Waals surface area contributed by atoms with Crippen molar-refractivity contribution in [3.63, 3.8) is 0 Å². The maximum absolute atomic E-state index is 11.8. The van der Waals surface area contributed by atoms with E-state index in [2.05, 4.69) is 10.6 Å². The van der Waals surface area contributed by atoms with Crippen LogP contribution in [-0.4, -0.2) is 17.2 Å². The summed E-state index contributed by atoms with van der Waals surface area (Å²) in [5, 5.41) is 5.70. The fourth-order valence-electron chi connectivity index (χ4n) is 1.99. The standard InChI is InChI=1S/C13H14N2O2S/c1-13(11(16)14-12(17)15-13)8-2-4-9(5-3-8)18-10-6-7-10/h2-5,10H,6-7H2,1H3,(H2,14,15,16,17). The summed E-state index contributed by atoms with van der Waals surface area (Å²) in [6, 6.07) is 7.42. The van der Waals surface area contributed by atoms with Crippen LogP contribution in [0.25, 0.3) is 0 Å². The molecule has 5 heteroatoms. The third kappa shape index (κ3) is 1.99. The van der Waals surface area contributed by atoms with Crippen LogP contribution >= 0.6 is 11.8 Å². The van der Waals surface area contributed by atoms with Crippen LogP contribution in [0, 0.1) is 0 Å². The average Bonchev–Trinajstić information content (AvgIpc) is 3.08. The first kappa shape index (κ1) is 11.6. The molecule has 1 aliphatic heterocycles.